The lowest BCUT2D eigenvalue weighted by molar-refractivity contribution is 0.157. The molecule has 3 rings (SSSR count). The van der Waals surface area contributed by atoms with Crippen LogP contribution in [0.25, 0.3) is 0 Å². The maximum atomic E-state index is 12.4. The SMILES string of the molecule is CCN1C(=O)N(CC)[C@@H]2[C@H]1NC(=S)N2/N=C\c1ccccc1O. The molecule has 122 valence electrons. The molecule has 0 unspecified atom stereocenters. The van der Waals surface area contributed by atoms with E-state index in [0.29, 0.717) is 23.8 Å². The molecule has 8 heteroatoms. The summed E-state index contributed by atoms with van der Waals surface area (Å²) in [6.07, 6.45) is 1.07. The van der Waals surface area contributed by atoms with Crippen LogP contribution in [0.4, 0.5) is 4.79 Å². The summed E-state index contributed by atoms with van der Waals surface area (Å²) in [4.78, 5) is 15.9. The Morgan fingerprint density at radius 3 is 2.65 bits per heavy atom. The molecule has 7 nitrogen and oxygen atoms in total. The average Bonchev–Trinajstić information content (AvgIpc) is 2.98. The maximum Gasteiger partial charge on any atom is 0.323 e. The Labute approximate surface area is 140 Å². The minimum atomic E-state index is -0.276. The number of phenols is 1. The van der Waals surface area contributed by atoms with E-state index in [1.54, 1.807) is 39.2 Å². The van der Waals surface area contributed by atoms with Gasteiger partial charge in [-0.05, 0) is 38.2 Å². The number of likely N-dealkylation sites (N-methyl/N-ethyl adjacent to an activating group) is 2. The Kier molecular flexibility index (Phi) is 4.08. The van der Waals surface area contributed by atoms with E-state index >= 15 is 0 Å². The van der Waals surface area contributed by atoms with Gasteiger partial charge in [0.15, 0.2) is 11.3 Å². The molecule has 2 fully saturated rings. The van der Waals surface area contributed by atoms with Crippen molar-refractivity contribution in [3.05, 3.63) is 29.8 Å². The number of hydrazone groups is 1. The zero-order valence-corrected chi connectivity index (χ0v) is 13.8. The zero-order valence-electron chi connectivity index (χ0n) is 13.0. The van der Waals surface area contributed by atoms with E-state index in [-0.39, 0.29) is 24.1 Å². The van der Waals surface area contributed by atoms with Crippen molar-refractivity contribution < 1.29 is 9.90 Å². The molecule has 2 amide bonds. The molecular formula is C15H19N5O2S. The standard InChI is InChI=1S/C15H19N5O2S/c1-3-18-12-13(19(4-2)15(18)22)20(14(23)17-12)16-9-10-7-5-6-8-11(10)21/h5-9,12-13,21H,3-4H2,1-2H3,(H,17,23)/b16-9-/t12-,13-/m0/s1. The normalized spacial score (nSPS) is 23.8. The Hall–Kier alpha value is -2.35. The third-order valence-corrected chi connectivity index (χ3v) is 4.40. The Morgan fingerprint density at radius 1 is 1.30 bits per heavy atom. The number of fused-ring (bicyclic) bond motifs is 1. The number of amides is 2. The molecule has 2 atom stereocenters. The van der Waals surface area contributed by atoms with Crippen LogP contribution >= 0.6 is 12.2 Å². The van der Waals surface area contributed by atoms with Gasteiger partial charge in [0.05, 0.1) is 6.21 Å². The van der Waals surface area contributed by atoms with Crippen LogP contribution in [0, 0.1) is 0 Å². The number of carbonyl (C=O) groups excluding carboxylic acids is 1. The Bertz CT molecular complexity index is 665. The number of nitrogens with zero attached hydrogens (tertiary/aromatic N) is 4. The molecular weight excluding hydrogens is 314 g/mol. The van der Waals surface area contributed by atoms with Crippen molar-refractivity contribution in [1.82, 2.24) is 20.1 Å². The third-order valence-electron chi connectivity index (χ3n) is 4.10. The van der Waals surface area contributed by atoms with Crippen molar-refractivity contribution in [2.45, 2.75) is 26.2 Å². The van der Waals surface area contributed by atoms with Crippen LogP contribution in [0.2, 0.25) is 0 Å². The monoisotopic (exact) mass is 333 g/mol. The van der Waals surface area contributed by atoms with E-state index < -0.39 is 0 Å². The molecule has 0 radical (unpaired) electrons. The quantitative estimate of drug-likeness (QED) is 0.643. The molecule has 0 bridgehead atoms. The van der Waals surface area contributed by atoms with Gasteiger partial charge in [0, 0.05) is 18.7 Å². The number of nitrogens with one attached hydrogen (secondary N) is 1. The third kappa shape index (κ3) is 2.48. The highest BCUT2D eigenvalue weighted by atomic mass is 32.1. The second kappa shape index (κ2) is 6.04. The van der Waals surface area contributed by atoms with E-state index in [2.05, 4.69) is 10.4 Å². The summed E-state index contributed by atoms with van der Waals surface area (Å²) in [5.41, 5.74) is 0.596. The molecule has 0 aromatic heterocycles. The summed E-state index contributed by atoms with van der Waals surface area (Å²) in [7, 11) is 0. The largest absolute Gasteiger partial charge is 0.507 e. The second-order valence-corrected chi connectivity index (χ2v) is 5.70. The molecule has 1 aromatic carbocycles. The van der Waals surface area contributed by atoms with E-state index in [9.17, 15) is 9.90 Å². The van der Waals surface area contributed by atoms with E-state index in [0.717, 1.165) is 0 Å². The second-order valence-electron chi connectivity index (χ2n) is 5.31. The molecule has 0 saturated carbocycles. The fourth-order valence-electron chi connectivity index (χ4n) is 2.96. The van der Waals surface area contributed by atoms with E-state index in [1.165, 1.54) is 0 Å². The van der Waals surface area contributed by atoms with E-state index in [1.807, 2.05) is 19.9 Å². The number of thiocarbonyl (C=S) groups is 1. The summed E-state index contributed by atoms with van der Waals surface area (Å²) < 4.78 is 0. The van der Waals surface area contributed by atoms with Gasteiger partial charge in [0.25, 0.3) is 0 Å². The van der Waals surface area contributed by atoms with Gasteiger partial charge in [0.1, 0.15) is 11.9 Å². The van der Waals surface area contributed by atoms with Crippen LogP contribution in [-0.4, -0.2) is 62.7 Å². The Morgan fingerprint density at radius 2 is 2.00 bits per heavy atom. The molecule has 23 heavy (non-hydrogen) atoms. The highest BCUT2D eigenvalue weighted by molar-refractivity contribution is 7.80. The van der Waals surface area contributed by atoms with Crippen LogP contribution in [0.3, 0.4) is 0 Å². The molecule has 2 aliphatic heterocycles. The number of hydrogen-bond donors (Lipinski definition) is 2. The lowest BCUT2D eigenvalue weighted by atomic mass is 10.2. The van der Waals surface area contributed by atoms with Crippen LogP contribution in [0.15, 0.2) is 29.4 Å². The molecule has 2 heterocycles. The average molecular weight is 333 g/mol. The first-order chi connectivity index (χ1) is 11.1. The smallest absolute Gasteiger partial charge is 0.323 e. The van der Waals surface area contributed by atoms with Crippen molar-refractivity contribution in [1.29, 1.82) is 0 Å². The van der Waals surface area contributed by atoms with Crippen LogP contribution < -0.4 is 5.32 Å². The molecule has 2 aliphatic rings. The predicted octanol–water partition coefficient (Wildman–Crippen LogP) is 1.35. The first kappa shape index (κ1) is 15.5. The van der Waals surface area contributed by atoms with Crippen molar-refractivity contribution in [3.63, 3.8) is 0 Å². The van der Waals surface area contributed by atoms with Gasteiger partial charge in [-0.3, -0.25) is 4.90 Å². The number of rotatable bonds is 4. The number of carbonyl (C=O) groups is 1. The molecule has 0 aliphatic carbocycles. The highest BCUT2D eigenvalue weighted by Gasteiger charge is 2.53. The molecule has 2 saturated heterocycles. The van der Waals surface area contributed by atoms with Gasteiger partial charge in [-0.25, -0.2) is 9.80 Å². The van der Waals surface area contributed by atoms with Gasteiger partial charge in [-0.15, -0.1) is 0 Å². The number of benzene rings is 1. The Balaban J connectivity index is 1.89. The fourth-order valence-corrected chi connectivity index (χ4v) is 3.23. The number of hydrogen-bond acceptors (Lipinski definition) is 4. The van der Waals surface area contributed by atoms with Crippen molar-refractivity contribution >= 4 is 29.6 Å². The lowest BCUT2D eigenvalue weighted by Gasteiger charge is -2.25. The summed E-state index contributed by atoms with van der Waals surface area (Å²) in [5, 5.41) is 19.5. The van der Waals surface area contributed by atoms with Crippen LogP contribution in [0.1, 0.15) is 19.4 Å². The van der Waals surface area contributed by atoms with Gasteiger partial charge in [0.2, 0.25) is 0 Å². The summed E-state index contributed by atoms with van der Waals surface area (Å²) in [6.45, 7) is 5.04. The highest BCUT2D eigenvalue weighted by Crippen LogP contribution is 2.29. The number of urea groups is 1. The van der Waals surface area contributed by atoms with E-state index in [4.69, 9.17) is 12.2 Å². The van der Waals surface area contributed by atoms with Crippen molar-refractivity contribution in [2.75, 3.05) is 13.1 Å². The lowest BCUT2D eigenvalue weighted by Crippen LogP contribution is -2.43. The zero-order chi connectivity index (χ0) is 16.6. The number of phenolic OH excluding ortho intramolecular Hbond substituents is 1. The first-order valence-corrected chi connectivity index (χ1v) is 7.98. The number of para-hydroxylation sites is 1. The fraction of sp³-hybridized carbons (Fsp3) is 0.400. The minimum absolute atomic E-state index is 0.0252. The topological polar surface area (TPSA) is 71.4 Å². The van der Waals surface area contributed by atoms with Gasteiger partial charge >= 0.3 is 6.03 Å². The molecule has 1 aromatic rings. The van der Waals surface area contributed by atoms with Crippen LogP contribution in [0.5, 0.6) is 5.75 Å². The van der Waals surface area contributed by atoms with Crippen molar-refractivity contribution in [2.24, 2.45) is 5.10 Å². The summed E-state index contributed by atoms with van der Waals surface area (Å²) >= 11 is 5.36. The maximum absolute atomic E-state index is 12.4. The van der Waals surface area contributed by atoms with Crippen molar-refractivity contribution in [3.8, 4) is 5.75 Å². The van der Waals surface area contributed by atoms with Gasteiger partial charge in [-0.2, -0.15) is 5.10 Å². The summed E-state index contributed by atoms with van der Waals surface area (Å²) in [5.74, 6) is 0.149. The van der Waals surface area contributed by atoms with Crippen LogP contribution in [-0.2, 0) is 0 Å². The summed E-state index contributed by atoms with van der Waals surface area (Å²) in [6, 6.07) is 6.90. The van der Waals surface area contributed by atoms with Gasteiger partial charge in [-0.1, -0.05) is 12.1 Å². The molecule has 2 N–H and O–H groups in total. The van der Waals surface area contributed by atoms with Gasteiger partial charge < -0.3 is 15.3 Å². The number of aromatic hydroxyl groups is 1. The predicted molar refractivity (Wildman–Crippen MR) is 91.0 cm³/mol. The minimum Gasteiger partial charge on any atom is -0.507 e. The first-order valence-electron chi connectivity index (χ1n) is 7.57. The molecule has 0 spiro atoms.